The van der Waals surface area contributed by atoms with Crippen molar-refractivity contribution in [1.82, 2.24) is 5.32 Å². The van der Waals surface area contributed by atoms with E-state index in [-0.39, 0.29) is 34.7 Å². The summed E-state index contributed by atoms with van der Waals surface area (Å²) in [6.45, 7) is 5.41. The summed E-state index contributed by atoms with van der Waals surface area (Å²) >= 11 is 6.21. The number of hydrogen-bond acceptors (Lipinski definition) is 4. The Morgan fingerprint density at radius 2 is 1.66 bits per heavy atom. The highest BCUT2D eigenvalue weighted by atomic mass is 35.5. The summed E-state index contributed by atoms with van der Waals surface area (Å²) in [6, 6.07) is 13.6. The topological polar surface area (TPSA) is 83.5 Å². The number of allylic oxidation sites excluding steroid dienone is 4. The maximum absolute atomic E-state index is 13.2. The molecular weight excluding hydrogens is 426 g/mol. The van der Waals surface area contributed by atoms with Crippen molar-refractivity contribution in [3.05, 3.63) is 87.0 Å². The summed E-state index contributed by atoms with van der Waals surface area (Å²) in [5.41, 5.74) is 2.97. The van der Waals surface area contributed by atoms with Crippen molar-refractivity contribution in [2.24, 2.45) is 0 Å². The van der Waals surface area contributed by atoms with Crippen molar-refractivity contribution in [2.45, 2.75) is 39.5 Å². The third-order valence-electron chi connectivity index (χ3n) is 5.94. The van der Waals surface area contributed by atoms with Crippen LogP contribution in [0.4, 0.5) is 0 Å². The van der Waals surface area contributed by atoms with Gasteiger partial charge in [0.2, 0.25) is 0 Å². The quantitative estimate of drug-likeness (QED) is 0.450. The standard InChI is InChI=1S/C26H26ClNO4/c1-15-16(2)25(31)23(17(3)24(15)30)20(18-8-6-9-19(27)14-18)11-7-13-28-26(32)21-10-4-5-12-22(21)29/h4-6,8-10,12,14,20,29H,7,11,13H2,1-3H3,(H,28,32). The first-order valence-corrected chi connectivity index (χ1v) is 10.9. The second-order valence-corrected chi connectivity index (χ2v) is 8.41. The molecule has 0 aliphatic heterocycles. The molecule has 166 valence electrons. The van der Waals surface area contributed by atoms with E-state index >= 15 is 0 Å². The fourth-order valence-electron chi connectivity index (χ4n) is 4.01. The Bertz CT molecular complexity index is 1150. The number of benzene rings is 2. The van der Waals surface area contributed by atoms with Gasteiger partial charge < -0.3 is 10.4 Å². The Kier molecular flexibility index (Phi) is 7.31. The van der Waals surface area contributed by atoms with Crippen LogP contribution in [0.25, 0.3) is 0 Å². The summed E-state index contributed by atoms with van der Waals surface area (Å²) in [6.07, 6.45) is 1.11. The third kappa shape index (κ3) is 4.83. The monoisotopic (exact) mass is 451 g/mol. The first-order valence-electron chi connectivity index (χ1n) is 10.5. The van der Waals surface area contributed by atoms with E-state index in [0.29, 0.717) is 46.7 Å². The van der Waals surface area contributed by atoms with Gasteiger partial charge in [0.1, 0.15) is 5.75 Å². The Morgan fingerprint density at radius 1 is 0.969 bits per heavy atom. The van der Waals surface area contributed by atoms with Gasteiger partial charge in [0.05, 0.1) is 5.56 Å². The van der Waals surface area contributed by atoms with E-state index in [1.54, 1.807) is 45.0 Å². The average molecular weight is 452 g/mol. The minimum atomic E-state index is -0.365. The highest BCUT2D eigenvalue weighted by Gasteiger charge is 2.33. The number of halogens is 1. The van der Waals surface area contributed by atoms with Gasteiger partial charge in [-0.3, -0.25) is 14.4 Å². The molecule has 0 radical (unpaired) electrons. The molecule has 5 nitrogen and oxygen atoms in total. The van der Waals surface area contributed by atoms with E-state index in [4.69, 9.17) is 11.6 Å². The normalized spacial score (nSPS) is 15.2. The van der Waals surface area contributed by atoms with Crippen molar-refractivity contribution >= 4 is 29.1 Å². The molecule has 1 aliphatic carbocycles. The SMILES string of the molecule is CC1=C(C)C(=O)C(C(CCCNC(=O)c2ccccc2O)c2cccc(Cl)c2)=C(C)C1=O. The van der Waals surface area contributed by atoms with E-state index in [9.17, 15) is 19.5 Å². The largest absolute Gasteiger partial charge is 0.507 e. The second-order valence-electron chi connectivity index (χ2n) is 7.97. The summed E-state index contributed by atoms with van der Waals surface area (Å²) in [4.78, 5) is 38.2. The van der Waals surface area contributed by atoms with Gasteiger partial charge in [-0.1, -0.05) is 35.9 Å². The van der Waals surface area contributed by atoms with E-state index in [0.717, 1.165) is 5.56 Å². The maximum atomic E-state index is 13.2. The lowest BCUT2D eigenvalue weighted by Gasteiger charge is -2.26. The molecule has 2 aromatic rings. The molecule has 1 atom stereocenters. The number of para-hydroxylation sites is 1. The van der Waals surface area contributed by atoms with Crippen LogP contribution < -0.4 is 5.32 Å². The van der Waals surface area contributed by atoms with Crippen molar-refractivity contribution in [1.29, 1.82) is 0 Å². The van der Waals surface area contributed by atoms with Gasteiger partial charge in [-0.15, -0.1) is 0 Å². The van der Waals surface area contributed by atoms with Gasteiger partial charge >= 0.3 is 0 Å². The lowest BCUT2D eigenvalue weighted by Crippen LogP contribution is -2.27. The van der Waals surface area contributed by atoms with Gasteiger partial charge in [0.25, 0.3) is 5.91 Å². The summed E-state index contributed by atoms with van der Waals surface area (Å²) < 4.78 is 0. The highest BCUT2D eigenvalue weighted by molar-refractivity contribution is 6.30. The van der Waals surface area contributed by atoms with Crippen LogP contribution in [0, 0.1) is 0 Å². The van der Waals surface area contributed by atoms with Crippen LogP contribution in [0.1, 0.15) is 55.5 Å². The van der Waals surface area contributed by atoms with Crippen LogP contribution in [0.15, 0.2) is 70.8 Å². The first-order chi connectivity index (χ1) is 15.2. The molecule has 1 unspecified atom stereocenters. The van der Waals surface area contributed by atoms with Crippen LogP contribution in [0.5, 0.6) is 5.75 Å². The minimum absolute atomic E-state index is 0.0773. The molecule has 32 heavy (non-hydrogen) atoms. The van der Waals surface area contributed by atoms with Crippen LogP contribution >= 0.6 is 11.6 Å². The fraction of sp³-hybridized carbons (Fsp3) is 0.269. The molecule has 1 aliphatic rings. The molecule has 0 heterocycles. The van der Waals surface area contributed by atoms with Crippen LogP contribution in [0.2, 0.25) is 5.02 Å². The van der Waals surface area contributed by atoms with E-state index in [1.165, 1.54) is 6.07 Å². The van der Waals surface area contributed by atoms with Gasteiger partial charge in [-0.05, 0) is 63.4 Å². The van der Waals surface area contributed by atoms with E-state index in [2.05, 4.69) is 5.32 Å². The molecule has 0 fully saturated rings. The summed E-state index contributed by atoms with van der Waals surface area (Å²) in [7, 11) is 0. The minimum Gasteiger partial charge on any atom is -0.507 e. The van der Waals surface area contributed by atoms with Crippen molar-refractivity contribution in [3.63, 3.8) is 0 Å². The molecule has 1 amide bonds. The predicted molar refractivity (Wildman–Crippen MR) is 125 cm³/mol. The molecular formula is C26H26ClNO4. The fourth-order valence-corrected chi connectivity index (χ4v) is 4.20. The Labute approximate surface area is 192 Å². The molecule has 0 aromatic heterocycles. The van der Waals surface area contributed by atoms with Crippen molar-refractivity contribution in [2.75, 3.05) is 6.54 Å². The molecule has 2 N–H and O–H groups in total. The zero-order valence-corrected chi connectivity index (χ0v) is 19.1. The molecule has 3 rings (SSSR count). The number of nitrogens with one attached hydrogen (secondary N) is 1. The van der Waals surface area contributed by atoms with Crippen molar-refractivity contribution < 1.29 is 19.5 Å². The predicted octanol–water partition coefficient (Wildman–Crippen LogP) is 5.14. The average Bonchev–Trinajstić information content (AvgIpc) is 2.78. The van der Waals surface area contributed by atoms with Crippen molar-refractivity contribution in [3.8, 4) is 5.75 Å². The number of carbonyl (C=O) groups is 3. The molecule has 6 heteroatoms. The molecule has 0 saturated heterocycles. The zero-order valence-electron chi connectivity index (χ0n) is 18.4. The molecule has 0 bridgehead atoms. The number of ketones is 2. The Balaban J connectivity index is 1.81. The second kappa shape index (κ2) is 9.96. The van der Waals surface area contributed by atoms with Gasteiger partial charge in [-0.25, -0.2) is 0 Å². The lowest BCUT2D eigenvalue weighted by atomic mass is 9.76. The number of rotatable bonds is 7. The summed E-state index contributed by atoms with van der Waals surface area (Å²) in [5.74, 6) is -1.00. The third-order valence-corrected chi connectivity index (χ3v) is 6.17. The smallest absolute Gasteiger partial charge is 0.255 e. The Morgan fingerprint density at radius 3 is 2.34 bits per heavy atom. The number of carbonyl (C=O) groups excluding carboxylic acids is 3. The van der Waals surface area contributed by atoms with Gasteiger partial charge in [-0.2, -0.15) is 0 Å². The highest BCUT2D eigenvalue weighted by Crippen LogP contribution is 2.38. The number of phenolic OH excluding ortho intramolecular Hbond substituents is 1. The van der Waals surface area contributed by atoms with E-state index in [1.807, 2.05) is 18.2 Å². The molecule has 2 aromatic carbocycles. The van der Waals surface area contributed by atoms with Gasteiger partial charge in [0, 0.05) is 39.8 Å². The number of aromatic hydroxyl groups is 1. The van der Waals surface area contributed by atoms with Crippen LogP contribution in [0.3, 0.4) is 0 Å². The molecule has 0 spiro atoms. The number of hydrogen-bond donors (Lipinski definition) is 2. The van der Waals surface area contributed by atoms with Gasteiger partial charge in [0.15, 0.2) is 11.6 Å². The summed E-state index contributed by atoms with van der Waals surface area (Å²) in [5, 5.41) is 13.2. The van der Waals surface area contributed by atoms with Crippen LogP contribution in [-0.2, 0) is 9.59 Å². The van der Waals surface area contributed by atoms with Crippen LogP contribution in [-0.4, -0.2) is 29.1 Å². The lowest BCUT2D eigenvalue weighted by molar-refractivity contribution is -0.116. The number of amides is 1. The number of Topliss-reactive ketones (excluding diaryl/α,β-unsaturated/α-hetero) is 2. The molecule has 0 saturated carbocycles. The zero-order chi connectivity index (χ0) is 23.4. The first kappa shape index (κ1) is 23.5. The number of phenols is 1. The van der Waals surface area contributed by atoms with E-state index < -0.39 is 0 Å². The maximum Gasteiger partial charge on any atom is 0.255 e. The Hall–Kier alpha value is -3.18.